The maximum Gasteiger partial charge on any atom is 0.308 e. The van der Waals surface area contributed by atoms with Crippen LogP contribution in [0.5, 0.6) is 0 Å². The van der Waals surface area contributed by atoms with E-state index in [2.05, 4.69) is 6.08 Å². The van der Waals surface area contributed by atoms with Crippen molar-refractivity contribution in [1.29, 1.82) is 0 Å². The maximum atomic E-state index is 12.2. The lowest BCUT2D eigenvalue weighted by Crippen LogP contribution is -2.40. The standard InChI is InChI=1S/C15H23NO3/c1-19-15(18)13-7-9-16(10-8-13)14(17)11-12-5-3-2-4-6-12/h5,13H,2-4,6-11H2,1H3. The number of hydrogen-bond acceptors (Lipinski definition) is 3. The Labute approximate surface area is 114 Å². The van der Waals surface area contributed by atoms with Gasteiger partial charge in [-0.2, -0.15) is 0 Å². The molecule has 0 spiro atoms. The summed E-state index contributed by atoms with van der Waals surface area (Å²) >= 11 is 0. The SMILES string of the molecule is COC(=O)C1CCN(C(=O)CC2=CCCCC2)CC1. The van der Waals surface area contributed by atoms with Gasteiger partial charge in [0.15, 0.2) is 0 Å². The number of carbonyl (C=O) groups excluding carboxylic acids is 2. The van der Waals surface area contributed by atoms with Crippen LogP contribution in [-0.4, -0.2) is 37.0 Å². The number of nitrogens with zero attached hydrogens (tertiary/aromatic N) is 1. The zero-order valence-corrected chi connectivity index (χ0v) is 11.7. The van der Waals surface area contributed by atoms with Crippen LogP contribution in [0.4, 0.5) is 0 Å². The Kier molecular flexibility index (Phi) is 5.00. The van der Waals surface area contributed by atoms with Gasteiger partial charge in [0, 0.05) is 19.5 Å². The molecule has 0 bridgehead atoms. The van der Waals surface area contributed by atoms with E-state index in [0.717, 1.165) is 25.7 Å². The highest BCUT2D eigenvalue weighted by Gasteiger charge is 2.27. The van der Waals surface area contributed by atoms with E-state index in [1.165, 1.54) is 25.5 Å². The molecule has 0 aromatic rings. The van der Waals surface area contributed by atoms with Crippen LogP contribution in [0, 0.1) is 5.92 Å². The molecule has 1 saturated heterocycles. The highest BCUT2D eigenvalue weighted by atomic mass is 16.5. The Morgan fingerprint density at radius 2 is 2.05 bits per heavy atom. The highest BCUT2D eigenvalue weighted by Crippen LogP contribution is 2.23. The van der Waals surface area contributed by atoms with Crippen LogP contribution in [0.15, 0.2) is 11.6 Å². The van der Waals surface area contributed by atoms with Gasteiger partial charge in [0.2, 0.25) is 5.91 Å². The van der Waals surface area contributed by atoms with Gasteiger partial charge in [0.25, 0.3) is 0 Å². The number of esters is 1. The van der Waals surface area contributed by atoms with Gasteiger partial charge in [0.1, 0.15) is 0 Å². The number of piperidine rings is 1. The predicted molar refractivity (Wildman–Crippen MR) is 72.5 cm³/mol. The molecule has 2 aliphatic rings. The summed E-state index contributed by atoms with van der Waals surface area (Å²) in [6.07, 6.45) is 8.92. The van der Waals surface area contributed by atoms with Crippen molar-refractivity contribution in [1.82, 2.24) is 4.90 Å². The Morgan fingerprint density at radius 3 is 2.63 bits per heavy atom. The van der Waals surface area contributed by atoms with Gasteiger partial charge in [0.05, 0.1) is 13.0 Å². The fourth-order valence-corrected chi connectivity index (χ4v) is 2.90. The summed E-state index contributed by atoms with van der Waals surface area (Å²) in [5.41, 5.74) is 1.30. The summed E-state index contributed by atoms with van der Waals surface area (Å²) in [5.74, 6) is 0.0569. The molecule has 1 aliphatic heterocycles. The number of rotatable bonds is 3. The molecule has 4 nitrogen and oxygen atoms in total. The largest absolute Gasteiger partial charge is 0.469 e. The average Bonchev–Trinajstić information content (AvgIpc) is 2.47. The van der Waals surface area contributed by atoms with Crippen molar-refractivity contribution in [2.24, 2.45) is 5.92 Å². The molecule has 0 atom stereocenters. The topological polar surface area (TPSA) is 46.6 Å². The monoisotopic (exact) mass is 265 g/mol. The predicted octanol–water partition coefficient (Wildman–Crippen LogP) is 2.29. The normalized spacial score (nSPS) is 20.9. The minimum atomic E-state index is -0.137. The number of hydrogen-bond donors (Lipinski definition) is 0. The molecule has 1 amide bonds. The Hall–Kier alpha value is -1.32. The fraction of sp³-hybridized carbons (Fsp3) is 0.733. The van der Waals surface area contributed by atoms with Gasteiger partial charge in [-0.15, -0.1) is 0 Å². The van der Waals surface area contributed by atoms with Crippen molar-refractivity contribution < 1.29 is 14.3 Å². The Morgan fingerprint density at radius 1 is 1.32 bits per heavy atom. The third-order valence-electron chi connectivity index (χ3n) is 4.15. The van der Waals surface area contributed by atoms with Crippen molar-refractivity contribution in [3.63, 3.8) is 0 Å². The fourth-order valence-electron chi connectivity index (χ4n) is 2.90. The van der Waals surface area contributed by atoms with Crippen LogP contribution in [0.2, 0.25) is 0 Å². The van der Waals surface area contributed by atoms with Crippen LogP contribution >= 0.6 is 0 Å². The highest BCUT2D eigenvalue weighted by molar-refractivity contribution is 5.79. The van der Waals surface area contributed by atoms with Crippen molar-refractivity contribution >= 4 is 11.9 Å². The van der Waals surface area contributed by atoms with Gasteiger partial charge >= 0.3 is 5.97 Å². The summed E-state index contributed by atoms with van der Waals surface area (Å²) < 4.78 is 4.76. The summed E-state index contributed by atoms with van der Waals surface area (Å²) in [7, 11) is 1.43. The number of methoxy groups -OCH3 is 1. The quantitative estimate of drug-likeness (QED) is 0.581. The maximum absolute atomic E-state index is 12.2. The summed E-state index contributed by atoms with van der Waals surface area (Å²) in [4.78, 5) is 25.5. The summed E-state index contributed by atoms with van der Waals surface area (Å²) in [6, 6.07) is 0. The van der Waals surface area contributed by atoms with Crippen LogP contribution in [0.1, 0.15) is 44.9 Å². The molecule has 0 unspecified atom stereocenters. The minimum absolute atomic E-state index is 0.0250. The van der Waals surface area contributed by atoms with Crippen LogP contribution in [0.25, 0.3) is 0 Å². The van der Waals surface area contributed by atoms with Crippen molar-refractivity contribution in [2.45, 2.75) is 44.9 Å². The zero-order valence-electron chi connectivity index (χ0n) is 11.7. The Bertz CT molecular complexity index is 368. The molecule has 106 valence electrons. The molecule has 0 radical (unpaired) electrons. The second kappa shape index (κ2) is 6.73. The van der Waals surface area contributed by atoms with Gasteiger partial charge in [-0.05, 0) is 38.5 Å². The van der Waals surface area contributed by atoms with E-state index < -0.39 is 0 Å². The Balaban J connectivity index is 1.79. The van der Waals surface area contributed by atoms with E-state index in [9.17, 15) is 9.59 Å². The van der Waals surface area contributed by atoms with Crippen molar-refractivity contribution in [3.8, 4) is 0 Å². The van der Waals surface area contributed by atoms with E-state index in [1.807, 2.05) is 4.90 Å². The van der Waals surface area contributed by atoms with E-state index >= 15 is 0 Å². The molecule has 0 aromatic heterocycles. The third-order valence-corrected chi connectivity index (χ3v) is 4.15. The van der Waals surface area contributed by atoms with Crippen molar-refractivity contribution in [2.75, 3.05) is 20.2 Å². The molecule has 1 aliphatic carbocycles. The molecular weight excluding hydrogens is 242 g/mol. The lowest BCUT2D eigenvalue weighted by atomic mass is 9.94. The summed E-state index contributed by atoms with van der Waals surface area (Å²) in [6.45, 7) is 1.37. The van der Waals surface area contributed by atoms with Gasteiger partial charge < -0.3 is 9.64 Å². The molecule has 2 rings (SSSR count). The molecule has 1 heterocycles. The molecule has 19 heavy (non-hydrogen) atoms. The minimum Gasteiger partial charge on any atom is -0.469 e. The lowest BCUT2D eigenvalue weighted by Gasteiger charge is -2.31. The van der Waals surface area contributed by atoms with E-state index in [4.69, 9.17) is 4.74 Å². The molecule has 0 aromatic carbocycles. The van der Waals surface area contributed by atoms with E-state index in [-0.39, 0.29) is 17.8 Å². The number of allylic oxidation sites excluding steroid dienone is 1. The molecule has 0 N–H and O–H groups in total. The number of ether oxygens (including phenoxy) is 1. The van der Waals surface area contributed by atoms with Crippen LogP contribution < -0.4 is 0 Å². The van der Waals surface area contributed by atoms with Crippen LogP contribution in [-0.2, 0) is 14.3 Å². The van der Waals surface area contributed by atoms with Crippen LogP contribution in [0.3, 0.4) is 0 Å². The molecule has 4 heteroatoms. The second-order valence-corrected chi connectivity index (χ2v) is 5.46. The number of likely N-dealkylation sites (tertiary alicyclic amines) is 1. The molecule has 1 fully saturated rings. The molecule has 0 saturated carbocycles. The first kappa shape index (κ1) is 14.1. The smallest absolute Gasteiger partial charge is 0.308 e. The third kappa shape index (κ3) is 3.82. The number of amides is 1. The lowest BCUT2D eigenvalue weighted by molar-refractivity contribution is -0.148. The first-order valence-electron chi connectivity index (χ1n) is 7.24. The van der Waals surface area contributed by atoms with Gasteiger partial charge in [-0.1, -0.05) is 11.6 Å². The van der Waals surface area contributed by atoms with E-state index in [1.54, 1.807) is 0 Å². The van der Waals surface area contributed by atoms with Crippen molar-refractivity contribution in [3.05, 3.63) is 11.6 Å². The first-order chi connectivity index (χ1) is 9.20. The zero-order chi connectivity index (χ0) is 13.7. The molecular formula is C15H23NO3. The number of carbonyl (C=O) groups is 2. The average molecular weight is 265 g/mol. The van der Waals surface area contributed by atoms with Gasteiger partial charge in [-0.25, -0.2) is 0 Å². The second-order valence-electron chi connectivity index (χ2n) is 5.46. The summed E-state index contributed by atoms with van der Waals surface area (Å²) in [5, 5.41) is 0. The first-order valence-corrected chi connectivity index (χ1v) is 7.24. The van der Waals surface area contributed by atoms with E-state index in [0.29, 0.717) is 19.5 Å². The van der Waals surface area contributed by atoms with Gasteiger partial charge in [-0.3, -0.25) is 9.59 Å².